The average molecular weight is 313 g/mol. The van der Waals surface area contributed by atoms with Gasteiger partial charge >= 0.3 is 5.97 Å². The van der Waals surface area contributed by atoms with E-state index in [9.17, 15) is 19.1 Å². The van der Waals surface area contributed by atoms with E-state index in [1.54, 1.807) is 18.2 Å². The van der Waals surface area contributed by atoms with Crippen LogP contribution in [0.1, 0.15) is 33.1 Å². The number of rotatable bonds is 8. The molecule has 0 heterocycles. The molecule has 0 aliphatic rings. The molecule has 0 saturated heterocycles. The smallest absolute Gasteiger partial charge is 0.329 e. The Morgan fingerprint density at radius 2 is 2.05 bits per heavy atom. The second kappa shape index (κ2) is 8.02. The fourth-order valence-electron chi connectivity index (χ4n) is 1.91. The van der Waals surface area contributed by atoms with Gasteiger partial charge in [0.1, 0.15) is 11.4 Å². The van der Waals surface area contributed by atoms with Gasteiger partial charge in [-0.25, -0.2) is 9.18 Å². The number of amides is 1. The fourth-order valence-corrected chi connectivity index (χ4v) is 2.80. The first-order valence-corrected chi connectivity index (χ1v) is 7.79. The van der Waals surface area contributed by atoms with Gasteiger partial charge in [0.2, 0.25) is 5.91 Å². The number of halogens is 1. The zero-order valence-electron chi connectivity index (χ0n) is 12.2. The van der Waals surface area contributed by atoms with E-state index >= 15 is 0 Å². The minimum atomic E-state index is -1.24. The average Bonchev–Trinajstić information content (AvgIpc) is 2.41. The molecular formula is C15H20FNO3S. The van der Waals surface area contributed by atoms with Crippen LogP contribution >= 0.6 is 11.8 Å². The number of nitrogens with one attached hydrogen (secondary N) is 1. The van der Waals surface area contributed by atoms with Crippen molar-refractivity contribution >= 4 is 23.6 Å². The van der Waals surface area contributed by atoms with E-state index in [4.69, 9.17) is 0 Å². The van der Waals surface area contributed by atoms with Crippen LogP contribution in [0.5, 0.6) is 0 Å². The first-order valence-electron chi connectivity index (χ1n) is 6.81. The monoisotopic (exact) mass is 313 g/mol. The molecule has 21 heavy (non-hydrogen) atoms. The molecular weight excluding hydrogens is 293 g/mol. The Morgan fingerprint density at radius 3 is 2.62 bits per heavy atom. The molecule has 0 aliphatic heterocycles. The molecule has 0 aromatic heterocycles. The quantitative estimate of drug-likeness (QED) is 0.724. The Hall–Kier alpha value is -1.56. The van der Waals surface area contributed by atoms with Crippen molar-refractivity contribution in [2.75, 3.05) is 5.75 Å². The molecule has 0 bridgehead atoms. The van der Waals surface area contributed by atoms with E-state index in [1.807, 2.05) is 6.92 Å². The molecule has 2 N–H and O–H groups in total. The Labute approximate surface area is 128 Å². The highest BCUT2D eigenvalue weighted by Crippen LogP contribution is 2.22. The van der Waals surface area contributed by atoms with Gasteiger partial charge in [0.05, 0.1) is 0 Å². The maximum absolute atomic E-state index is 13.4. The number of thioether (sulfide) groups is 1. The lowest BCUT2D eigenvalue weighted by Crippen LogP contribution is -2.52. The summed E-state index contributed by atoms with van der Waals surface area (Å²) in [4.78, 5) is 23.5. The summed E-state index contributed by atoms with van der Waals surface area (Å²) in [5, 5.41) is 11.7. The van der Waals surface area contributed by atoms with Crippen LogP contribution in [0.15, 0.2) is 29.2 Å². The van der Waals surface area contributed by atoms with Crippen molar-refractivity contribution in [1.82, 2.24) is 5.32 Å². The van der Waals surface area contributed by atoms with Crippen LogP contribution in [0.4, 0.5) is 4.39 Å². The molecule has 1 aromatic carbocycles. The van der Waals surface area contributed by atoms with E-state index in [2.05, 4.69) is 5.32 Å². The number of aliphatic carboxylic acids is 1. The molecule has 1 atom stereocenters. The van der Waals surface area contributed by atoms with Gasteiger partial charge in [-0.1, -0.05) is 25.5 Å². The Bertz CT molecular complexity index is 509. The summed E-state index contributed by atoms with van der Waals surface area (Å²) in [5.74, 6) is -1.30. The van der Waals surface area contributed by atoms with E-state index in [-0.39, 0.29) is 18.1 Å². The third-order valence-corrected chi connectivity index (χ3v) is 4.11. The van der Waals surface area contributed by atoms with Gasteiger partial charge in [0.25, 0.3) is 0 Å². The van der Waals surface area contributed by atoms with Crippen molar-refractivity contribution in [3.05, 3.63) is 30.1 Å². The highest BCUT2D eigenvalue weighted by Gasteiger charge is 2.33. The third-order valence-electron chi connectivity index (χ3n) is 3.06. The first-order chi connectivity index (χ1) is 9.89. The summed E-state index contributed by atoms with van der Waals surface area (Å²) in [6.07, 6.45) is 1.17. The number of carbonyl (C=O) groups is 2. The number of hydrogen-bond donors (Lipinski definition) is 2. The fraction of sp³-hybridized carbons (Fsp3) is 0.467. The zero-order valence-corrected chi connectivity index (χ0v) is 13.0. The van der Waals surface area contributed by atoms with Crippen molar-refractivity contribution in [3.8, 4) is 0 Å². The van der Waals surface area contributed by atoms with Gasteiger partial charge in [0, 0.05) is 17.1 Å². The van der Waals surface area contributed by atoms with Crippen LogP contribution < -0.4 is 5.32 Å². The number of carbonyl (C=O) groups excluding carboxylic acids is 1. The van der Waals surface area contributed by atoms with Crippen molar-refractivity contribution in [2.24, 2.45) is 0 Å². The van der Waals surface area contributed by atoms with Crippen LogP contribution in [0.3, 0.4) is 0 Å². The lowest BCUT2D eigenvalue weighted by Gasteiger charge is -2.25. The summed E-state index contributed by atoms with van der Waals surface area (Å²) in [7, 11) is 0. The topological polar surface area (TPSA) is 66.4 Å². The number of carboxylic acid groups (broad SMARTS) is 1. The van der Waals surface area contributed by atoms with Crippen LogP contribution in [0, 0.1) is 5.82 Å². The normalized spacial score (nSPS) is 13.5. The lowest BCUT2D eigenvalue weighted by molar-refractivity contribution is -0.147. The number of benzene rings is 1. The molecule has 6 heteroatoms. The number of hydrogen-bond acceptors (Lipinski definition) is 3. The van der Waals surface area contributed by atoms with E-state index < -0.39 is 11.5 Å². The van der Waals surface area contributed by atoms with Gasteiger partial charge in [-0.2, -0.15) is 0 Å². The summed E-state index contributed by atoms with van der Waals surface area (Å²) < 4.78 is 13.4. The van der Waals surface area contributed by atoms with Crippen molar-refractivity contribution in [3.63, 3.8) is 0 Å². The number of carboxylic acids is 1. The van der Waals surface area contributed by atoms with Gasteiger partial charge in [-0.05, 0) is 25.5 Å². The molecule has 116 valence electrons. The van der Waals surface area contributed by atoms with Crippen LogP contribution in [0.25, 0.3) is 0 Å². The second-order valence-corrected chi connectivity index (χ2v) is 6.10. The maximum Gasteiger partial charge on any atom is 0.329 e. The Balaban J connectivity index is 2.47. The second-order valence-electron chi connectivity index (χ2n) is 4.96. The molecule has 0 radical (unpaired) electrons. The van der Waals surface area contributed by atoms with Crippen LogP contribution in [0.2, 0.25) is 0 Å². The third kappa shape index (κ3) is 5.38. The highest BCUT2D eigenvalue weighted by molar-refractivity contribution is 7.99. The molecule has 1 rings (SSSR count). The molecule has 0 fully saturated rings. The zero-order chi connectivity index (χ0) is 15.9. The maximum atomic E-state index is 13.4. The first kappa shape index (κ1) is 17.5. The van der Waals surface area contributed by atoms with Crippen LogP contribution in [-0.4, -0.2) is 28.3 Å². The predicted octanol–water partition coefficient (Wildman–Crippen LogP) is 3.07. The van der Waals surface area contributed by atoms with E-state index in [0.717, 1.165) is 0 Å². The van der Waals surface area contributed by atoms with Crippen molar-refractivity contribution < 1.29 is 19.1 Å². The summed E-state index contributed by atoms with van der Waals surface area (Å²) in [5.41, 5.74) is -1.24. The van der Waals surface area contributed by atoms with Gasteiger partial charge in [-0.3, -0.25) is 4.79 Å². The Kier molecular flexibility index (Phi) is 6.68. The predicted molar refractivity (Wildman–Crippen MR) is 80.8 cm³/mol. The molecule has 0 saturated carbocycles. The molecule has 1 aromatic rings. The molecule has 4 nitrogen and oxygen atoms in total. The van der Waals surface area contributed by atoms with Gasteiger partial charge in [0.15, 0.2) is 0 Å². The minimum absolute atomic E-state index is 0.144. The minimum Gasteiger partial charge on any atom is -0.480 e. The summed E-state index contributed by atoms with van der Waals surface area (Å²) in [6, 6.07) is 6.35. The lowest BCUT2D eigenvalue weighted by atomic mass is 9.96. The molecule has 1 unspecified atom stereocenters. The SMILES string of the molecule is CCCC(C)(NC(=O)CCSc1ccccc1F)C(=O)O. The van der Waals surface area contributed by atoms with E-state index in [1.165, 1.54) is 24.8 Å². The van der Waals surface area contributed by atoms with Crippen molar-refractivity contribution in [2.45, 2.75) is 43.5 Å². The van der Waals surface area contributed by atoms with Crippen LogP contribution in [-0.2, 0) is 9.59 Å². The highest BCUT2D eigenvalue weighted by atomic mass is 32.2. The van der Waals surface area contributed by atoms with Gasteiger partial charge in [-0.15, -0.1) is 11.8 Å². The Morgan fingerprint density at radius 1 is 1.38 bits per heavy atom. The molecule has 0 spiro atoms. The van der Waals surface area contributed by atoms with Crippen molar-refractivity contribution in [1.29, 1.82) is 0 Å². The van der Waals surface area contributed by atoms with Gasteiger partial charge < -0.3 is 10.4 Å². The summed E-state index contributed by atoms with van der Waals surface area (Å²) >= 11 is 1.24. The standard InChI is InChI=1S/C15H20FNO3S/c1-3-9-15(2,14(19)20)17-13(18)8-10-21-12-7-5-4-6-11(12)16/h4-7H,3,8-10H2,1-2H3,(H,17,18)(H,19,20). The van der Waals surface area contributed by atoms with E-state index in [0.29, 0.717) is 23.5 Å². The largest absolute Gasteiger partial charge is 0.480 e. The molecule has 1 amide bonds. The molecule has 0 aliphatic carbocycles. The summed E-state index contributed by atoms with van der Waals surface area (Å²) in [6.45, 7) is 3.36.